The molecule has 0 bridgehead atoms. The standard InChI is InChI=1S/C11H15NO2Se/c1-15-8-7-10(12)11(13)14-9-5-3-2-4-6-9/h2-6,10H,7-8,12H2,1H3/t10-/m0/s1. The van der Waals surface area contributed by atoms with Gasteiger partial charge >= 0.3 is 95.9 Å². The summed E-state index contributed by atoms with van der Waals surface area (Å²) in [6, 6.07) is 8.51. The molecule has 2 N–H and O–H groups in total. The number of hydrogen-bond donors (Lipinski definition) is 1. The fraction of sp³-hybridized carbons (Fsp3) is 0.364. The van der Waals surface area contributed by atoms with Crippen molar-refractivity contribution in [2.24, 2.45) is 5.73 Å². The molecular formula is C11H15NO2Se. The first kappa shape index (κ1) is 12.2. The Morgan fingerprint density at radius 1 is 1.47 bits per heavy atom. The van der Waals surface area contributed by atoms with E-state index in [2.05, 4.69) is 5.82 Å². The molecule has 82 valence electrons. The average molecular weight is 272 g/mol. The Morgan fingerprint density at radius 3 is 2.73 bits per heavy atom. The van der Waals surface area contributed by atoms with Crippen LogP contribution in [0.3, 0.4) is 0 Å². The van der Waals surface area contributed by atoms with Crippen molar-refractivity contribution in [2.45, 2.75) is 23.6 Å². The van der Waals surface area contributed by atoms with Crippen LogP contribution in [0.15, 0.2) is 30.3 Å². The van der Waals surface area contributed by atoms with Gasteiger partial charge in [0.25, 0.3) is 0 Å². The maximum absolute atomic E-state index is 11.5. The van der Waals surface area contributed by atoms with Crippen molar-refractivity contribution in [1.29, 1.82) is 0 Å². The molecular weight excluding hydrogens is 257 g/mol. The van der Waals surface area contributed by atoms with Gasteiger partial charge in [-0.2, -0.15) is 0 Å². The van der Waals surface area contributed by atoms with Gasteiger partial charge in [-0.3, -0.25) is 0 Å². The van der Waals surface area contributed by atoms with E-state index in [1.54, 1.807) is 12.1 Å². The second-order valence-corrected chi connectivity index (χ2v) is 5.19. The number of para-hydroxylation sites is 1. The molecule has 0 unspecified atom stereocenters. The Bertz CT molecular complexity index is 303. The molecule has 0 saturated carbocycles. The zero-order chi connectivity index (χ0) is 11.1. The van der Waals surface area contributed by atoms with Gasteiger partial charge in [0.2, 0.25) is 0 Å². The summed E-state index contributed by atoms with van der Waals surface area (Å²) in [7, 11) is 0. The summed E-state index contributed by atoms with van der Waals surface area (Å²) in [4.78, 5) is 11.5. The van der Waals surface area contributed by atoms with E-state index in [-0.39, 0.29) is 5.97 Å². The van der Waals surface area contributed by atoms with Crippen LogP contribution in [-0.2, 0) is 4.79 Å². The van der Waals surface area contributed by atoms with E-state index in [0.717, 1.165) is 5.32 Å². The molecule has 4 heteroatoms. The summed E-state index contributed by atoms with van der Waals surface area (Å²) < 4.78 is 5.12. The number of rotatable bonds is 5. The van der Waals surface area contributed by atoms with Crippen LogP contribution in [0.2, 0.25) is 11.1 Å². The number of ether oxygens (including phenoxy) is 1. The van der Waals surface area contributed by atoms with Crippen molar-refractivity contribution < 1.29 is 9.53 Å². The first-order valence-corrected chi connectivity index (χ1v) is 7.67. The molecule has 0 saturated heterocycles. The molecule has 15 heavy (non-hydrogen) atoms. The zero-order valence-corrected chi connectivity index (χ0v) is 10.4. The van der Waals surface area contributed by atoms with Crippen molar-refractivity contribution >= 4 is 20.9 Å². The SMILES string of the molecule is C[Se]CC[C@H](N)C(=O)Oc1ccccc1. The van der Waals surface area contributed by atoms with Crippen LogP contribution in [0.5, 0.6) is 5.75 Å². The van der Waals surface area contributed by atoms with Gasteiger partial charge in [-0.25, -0.2) is 0 Å². The monoisotopic (exact) mass is 273 g/mol. The number of nitrogens with two attached hydrogens (primary N) is 1. The molecule has 0 heterocycles. The number of carbonyl (C=O) groups excluding carboxylic acids is 1. The normalized spacial score (nSPS) is 12.1. The minimum absolute atomic E-state index is 0.342. The zero-order valence-electron chi connectivity index (χ0n) is 8.68. The molecule has 1 rings (SSSR count). The Morgan fingerprint density at radius 2 is 2.13 bits per heavy atom. The van der Waals surface area contributed by atoms with Gasteiger partial charge in [0, 0.05) is 0 Å². The molecule has 0 fully saturated rings. The first-order valence-electron chi connectivity index (χ1n) is 4.75. The third kappa shape index (κ3) is 4.47. The number of hydrogen-bond acceptors (Lipinski definition) is 3. The van der Waals surface area contributed by atoms with Crippen molar-refractivity contribution in [2.75, 3.05) is 0 Å². The summed E-state index contributed by atoms with van der Waals surface area (Å²) >= 11 is 0.560. The van der Waals surface area contributed by atoms with Gasteiger partial charge in [0.1, 0.15) is 0 Å². The molecule has 0 aliphatic carbocycles. The van der Waals surface area contributed by atoms with Crippen LogP contribution < -0.4 is 10.5 Å². The fourth-order valence-corrected chi connectivity index (χ4v) is 2.07. The summed E-state index contributed by atoms with van der Waals surface area (Å²) in [5, 5.41) is 1.01. The topological polar surface area (TPSA) is 52.3 Å². The maximum atomic E-state index is 11.5. The summed E-state index contributed by atoms with van der Waals surface area (Å²) in [6.45, 7) is 0. The van der Waals surface area contributed by atoms with Crippen LogP contribution >= 0.6 is 0 Å². The van der Waals surface area contributed by atoms with Gasteiger partial charge in [0.05, 0.1) is 0 Å². The number of esters is 1. The molecule has 0 aliphatic heterocycles. The molecule has 0 radical (unpaired) electrons. The van der Waals surface area contributed by atoms with Gasteiger partial charge < -0.3 is 0 Å². The number of carbonyl (C=O) groups is 1. The molecule has 1 aromatic carbocycles. The summed E-state index contributed by atoms with van der Waals surface area (Å²) in [5.41, 5.74) is 5.69. The van der Waals surface area contributed by atoms with E-state index in [1.165, 1.54) is 0 Å². The molecule has 3 nitrogen and oxygen atoms in total. The van der Waals surface area contributed by atoms with E-state index in [1.807, 2.05) is 18.2 Å². The third-order valence-corrected chi connectivity index (χ3v) is 3.25. The van der Waals surface area contributed by atoms with Gasteiger partial charge in [-0.15, -0.1) is 0 Å². The summed E-state index contributed by atoms with van der Waals surface area (Å²) in [6.07, 6.45) is 0.710. The van der Waals surface area contributed by atoms with Crippen molar-refractivity contribution in [1.82, 2.24) is 0 Å². The third-order valence-electron chi connectivity index (χ3n) is 1.90. The molecule has 1 aromatic rings. The van der Waals surface area contributed by atoms with E-state index in [9.17, 15) is 4.79 Å². The van der Waals surface area contributed by atoms with Gasteiger partial charge in [-0.05, 0) is 0 Å². The van der Waals surface area contributed by atoms with E-state index in [0.29, 0.717) is 27.1 Å². The molecule has 0 aromatic heterocycles. The Balaban J connectivity index is 2.42. The van der Waals surface area contributed by atoms with Crippen LogP contribution in [0.25, 0.3) is 0 Å². The van der Waals surface area contributed by atoms with Crippen molar-refractivity contribution in [3.05, 3.63) is 30.3 Å². The minimum atomic E-state index is -0.493. The van der Waals surface area contributed by atoms with E-state index >= 15 is 0 Å². The quantitative estimate of drug-likeness (QED) is 0.502. The van der Waals surface area contributed by atoms with Gasteiger partial charge in [0.15, 0.2) is 0 Å². The van der Waals surface area contributed by atoms with Crippen LogP contribution in [0.4, 0.5) is 0 Å². The Kier molecular flexibility index (Phi) is 5.40. The van der Waals surface area contributed by atoms with Crippen LogP contribution in [-0.4, -0.2) is 27.0 Å². The molecule has 0 aliphatic rings. The number of benzene rings is 1. The Hall–Kier alpha value is -0.831. The molecule has 0 spiro atoms. The molecule has 0 amide bonds. The van der Waals surface area contributed by atoms with Crippen molar-refractivity contribution in [3.63, 3.8) is 0 Å². The average Bonchev–Trinajstić information content (AvgIpc) is 2.27. The predicted octanol–water partition coefficient (Wildman–Crippen LogP) is 1.48. The second-order valence-electron chi connectivity index (χ2n) is 3.12. The fourth-order valence-electron chi connectivity index (χ4n) is 1.04. The van der Waals surface area contributed by atoms with Gasteiger partial charge in [-0.1, -0.05) is 0 Å². The first-order chi connectivity index (χ1) is 7.24. The second kappa shape index (κ2) is 6.62. The summed E-state index contributed by atoms with van der Waals surface area (Å²) in [5.74, 6) is 2.34. The van der Waals surface area contributed by atoms with E-state index < -0.39 is 6.04 Å². The predicted molar refractivity (Wildman–Crippen MR) is 61.1 cm³/mol. The van der Waals surface area contributed by atoms with Crippen LogP contribution in [0, 0.1) is 0 Å². The Labute approximate surface area is 96.2 Å². The van der Waals surface area contributed by atoms with Crippen molar-refractivity contribution in [3.8, 4) is 5.75 Å². The van der Waals surface area contributed by atoms with E-state index in [4.69, 9.17) is 10.5 Å². The molecule has 1 atom stereocenters. The van der Waals surface area contributed by atoms with Crippen LogP contribution in [0.1, 0.15) is 6.42 Å².